The van der Waals surface area contributed by atoms with E-state index < -0.39 is 5.60 Å². The second kappa shape index (κ2) is 3.92. The summed E-state index contributed by atoms with van der Waals surface area (Å²) in [6.45, 7) is 3.49. The summed E-state index contributed by atoms with van der Waals surface area (Å²) < 4.78 is 0. The zero-order valence-electron chi connectivity index (χ0n) is 6.17. The van der Waals surface area contributed by atoms with Crippen LogP contribution in [0.5, 0.6) is 0 Å². The summed E-state index contributed by atoms with van der Waals surface area (Å²) >= 11 is 0. The van der Waals surface area contributed by atoms with Crippen LogP contribution < -0.4 is 10.6 Å². The lowest BCUT2D eigenvalue weighted by Crippen LogP contribution is -2.38. The number of hydrogen-bond acceptors (Lipinski definition) is 3. The van der Waals surface area contributed by atoms with Crippen LogP contribution in [0.25, 0.3) is 0 Å². The van der Waals surface area contributed by atoms with Crippen LogP contribution in [0, 0.1) is 5.92 Å². The molecule has 0 bridgehead atoms. The van der Waals surface area contributed by atoms with E-state index in [2.05, 4.69) is 10.6 Å². The van der Waals surface area contributed by atoms with Crippen molar-refractivity contribution in [2.45, 2.75) is 5.60 Å². The second-order valence-corrected chi connectivity index (χ2v) is 3.06. The smallest absolute Gasteiger partial charge is 0.0947 e. The molecule has 68 valence electrons. The van der Waals surface area contributed by atoms with Gasteiger partial charge in [-0.1, -0.05) is 0 Å². The molecule has 0 atom stereocenters. The Morgan fingerprint density at radius 2 is 1.55 bits per heavy atom. The second-order valence-electron chi connectivity index (χ2n) is 3.06. The van der Waals surface area contributed by atoms with Crippen LogP contribution >= 0.6 is 24.8 Å². The molecular weight excluding hydrogens is 187 g/mol. The van der Waals surface area contributed by atoms with Gasteiger partial charge in [0.1, 0.15) is 0 Å². The van der Waals surface area contributed by atoms with E-state index in [1.807, 2.05) is 0 Å². The van der Waals surface area contributed by atoms with Crippen LogP contribution in [0.4, 0.5) is 0 Å². The van der Waals surface area contributed by atoms with E-state index >= 15 is 0 Å². The standard InChI is InChI=1S/C6H12N2O.2ClH/c9-6-3-7-1-5(6)2-8-4-6;;/h5,7-9H,1-4H2;2*1H. The third-order valence-corrected chi connectivity index (χ3v) is 2.40. The van der Waals surface area contributed by atoms with Gasteiger partial charge in [0.05, 0.1) is 5.60 Å². The maximum Gasteiger partial charge on any atom is 0.0947 e. The number of nitrogens with one attached hydrogen (secondary N) is 2. The van der Waals surface area contributed by atoms with Crippen molar-refractivity contribution in [3.05, 3.63) is 0 Å². The highest BCUT2D eigenvalue weighted by Crippen LogP contribution is 2.24. The Bertz CT molecular complexity index is 124. The summed E-state index contributed by atoms with van der Waals surface area (Å²) in [5.74, 6) is 0.456. The number of aliphatic hydroxyl groups is 1. The third-order valence-electron chi connectivity index (χ3n) is 2.40. The Hall–Kier alpha value is 0.460. The first-order valence-corrected chi connectivity index (χ1v) is 3.45. The molecule has 5 heteroatoms. The normalized spacial score (nSPS) is 40.6. The minimum atomic E-state index is -0.417. The highest BCUT2D eigenvalue weighted by molar-refractivity contribution is 5.85. The molecule has 0 aliphatic carbocycles. The van der Waals surface area contributed by atoms with Crippen LogP contribution in [0.2, 0.25) is 0 Å². The topological polar surface area (TPSA) is 44.3 Å². The number of β-amino-alcohol motifs (C(OH)–C–C–N with tert-alkyl or cyclic N) is 1. The van der Waals surface area contributed by atoms with E-state index in [-0.39, 0.29) is 24.8 Å². The molecule has 0 aromatic rings. The summed E-state index contributed by atoms with van der Waals surface area (Å²) in [5.41, 5.74) is -0.417. The van der Waals surface area contributed by atoms with Crippen molar-refractivity contribution in [2.75, 3.05) is 26.2 Å². The largest absolute Gasteiger partial charge is 0.387 e. The van der Waals surface area contributed by atoms with E-state index in [0.717, 1.165) is 26.2 Å². The minimum absolute atomic E-state index is 0. The average Bonchev–Trinajstić information content (AvgIpc) is 2.22. The van der Waals surface area contributed by atoms with E-state index in [0.29, 0.717) is 5.92 Å². The molecule has 0 aromatic carbocycles. The van der Waals surface area contributed by atoms with Crippen molar-refractivity contribution >= 4 is 24.8 Å². The number of fused-ring (bicyclic) bond motifs is 1. The molecule has 3 nitrogen and oxygen atoms in total. The Kier molecular flexibility index (Phi) is 4.08. The van der Waals surface area contributed by atoms with Gasteiger partial charge in [-0.25, -0.2) is 0 Å². The molecule has 2 aliphatic heterocycles. The Morgan fingerprint density at radius 1 is 1.09 bits per heavy atom. The van der Waals surface area contributed by atoms with Gasteiger partial charge in [0.15, 0.2) is 0 Å². The maximum absolute atomic E-state index is 9.71. The molecule has 2 fully saturated rings. The van der Waals surface area contributed by atoms with Crippen LogP contribution in [-0.4, -0.2) is 36.9 Å². The summed E-state index contributed by atoms with van der Waals surface area (Å²) in [6, 6.07) is 0. The fourth-order valence-electron chi connectivity index (χ4n) is 1.73. The molecule has 3 N–H and O–H groups in total. The molecule has 0 aromatic heterocycles. The lowest BCUT2D eigenvalue weighted by Gasteiger charge is -2.18. The summed E-state index contributed by atoms with van der Waals surface area (Å²) in [6.07, 6.45) is 0. The third kappa shape index (κ3) is 1.79. The van der Waals surface area contributed by atoms with Crippen LogP contribution in [0.1, 0.15) is 0 Å². The Balaban J connectivity index is 0.000000500. The minimum Gasteiger partial charge on any atom is -0.387 e. The molecule has 2 aliphatic rings. The predicted octanol–water partition coefficient (Wildman–Crippen LogP) is -0.616. The monoisotopic (exact) mass is 200 g/mol. The Morgan fingerprint density at radius 3 is 1.91 bits per heavy atom. The Labute approximate surface area is 78.8 Å². The summed E-state index contributed by atoms with van der Waals surface area (Å²) in [7, 11) is 0. The van der Waals surface area contributed by atoms with Gasteiger partial charge in [0.25, 0.3) is 0 Å². The van der Waals surface area contributed by atoms with Crippen molar-refractivity contribution < 1.29 is 5.11 Å². The SMILES string of the molecule is Cl.Cl.OC12CNCC1CNC2. The van der Waals surface area contributed by atoms with Crippen molar-refractivity contribution in [3.8, 4) is 0 Å². The zero-order valence-corrected chi connectivity index (χ0v) is 7.80. The maximum atomic E-state index is 9.71. The molecule has 0 saturated carbocycles. The first kappa shape index (κ1) is 11.5. The summed E-state index contributed by atoms with van der Waals surface area (Å²) in [4.78, 5) is 0. The van der Waals surface area contributed by atoms with Crippen molar-refractivity contribution in [1.29, 1.82) is 0 Å². The number of hydrogen-bond donors (Lipinski definition) is 3. The van der Waals surface area contributed by atoms with Crippen molar-refractivity contribution in [2.24, 2.45) is 5.92 Å². The highest BCUT2D eigenvalue weighted by Gasteiger charge is 2.44. The first-order chi connectivity index (χ1) is 4.31. The molecular formula is C6H14Cl2N2O. The lowest BCUT2D eigenvalue weighted by atomic mass is 9.95. The van der Waals surface area contributed by atoms with E-state index in [1.54, 1.807) is 0 Å². The van der Waals surface area contributed by atoms with Gasteiger partial charge in [-0.05, 0) is 0 Å². The lowest BCUT2D eigenvalue weighted by molar-refractivity contribution is 0.0527. The molecule has 0 unspecified atom stereocenters. The van der Waals surface area contributed by atoms with Gasteiger partial charge in [0, 0.05) is 32.1 Å². The van der Waals surface area contributed by atoms with Crippen molar-refractivity contribution in [1.82, 2.24) is 10.6 Å². The fourth-order valence-corrected chi connectivity index (χ4v) is 1.73. The molecule has 0 amide bonds. The van der Waals surface area contributed by atoms with Gasteiger partial charge in [-0.15, -0.1) is 24.8 Å². The summed E-state index contributed by atoms with van der Waals surface area (Å²) in [5, 5.41) is 16.1. The predicted molar refractivity (Wildman–Crippen MR) is 48.7 cm³/mol. The van der Waals surface area contributed by atoms with Gasteiger partial charge in [0.2, 0.25) is 0 Å². The van der Waals surface area contributed by atoms with E-state index in [1.165, 1.54) is 0 Å². The number of halogens is 2. The molecule has 0 radical (unpaired) electrons. The zero-order chi connectivity index (χ0) is 6.32. The van der Waals surface area contributed by atoms with E-state index in [9.17, 15) is 5.11 Å². The molecule has 11 heavy (non-hydrogen) atoms. The van der Waals surface area contributed by atoms with Crippen molar-refractivity contribution in [3.63, 3.8) is 0 Å². The number of rotatable bonds is 0. The van der Waals surface area contributed by atoms with Crippen LogP contribution in [0.3, 0.4) is 0 Å². The average molecular weight is 201 g/mol. The van der Waals surface area contributed by atoms with Crippen LogP contribution in [0.15, 0.2) is 0 Å². The molecule has 2 rings (SSSR count). The fraction of sp³-hybridized carbons (Fsp3) is 1.00. The molecule has 2 saturated heterocycles. The quantitative estimate of drug-likeness (QED) is 0.489. The first-order valence-electron chi connectivity index (χ1n) is 3.45. The molecule has 2 heterocycles. The van der Waals surface area contributed by atoms with Gasteiger partial charge >= 0.3 is 0 Å². The van der Waals surface area contributed by atoms with Gasteiger partial charge in [-0.2, -0.15) is 0 Å². The van der Waals surface area contributed by atoms with E-state index in [4.69, 9.17) is 0 Å². The van der Waals surface area contributed by atoms with Crippen LogP contribution in [-0.2, 0) is 0 Å². The highest BCUT2D eigenvalue weighted by atomic mass is 35.5. The van der Waals surface area contributed by atoms with Gasteiger partial charge in [-0.3, -0.25) is 0 Å². The molecule has 0 spiro atoms. The van der Waals surface area contributed by atoms with Gasteiger partial charge < -0.3 is 15.7 Å².